The van der Waals surface area contributed by atoms with Gasteiger partial charge in [-0.3, -0.25) is 14.4 Å². The third-order valence-electron chi connectivity index (χ3n) is 8.32. The first-order chi connectivity index (χ1) is 18.0. The lowest BCUT2D eigenvalue weighted by Crippen LogP contribution is -2.68. The number of alkyl halides is 1. The Labute approximate surface area is 213 Å². The van der Waals surface area contributed by atoms with Gasteiger partial charge in [0.1, 0.15) is 17.9 Å². The van der Waals surface area contributed by atoms with Crippen LogP contribution in [0, 0.1) is 5.92 Å². The number of imidazole rings is 1. The van der Waals surface area contributed by atoms with Gasteiger partial charge < -0.3 is 20.1 Å². The molecule has 2 bridgehead atoms. The summed E-state index contributed by atoms with van der Waals surface area (Å²) in [5.41, 5.74) is 2.33. The molecule has 1 saturated heterocycles. The van der Waals surface area contributed by atoms with Crippen molar-refractivity contribution in [2.75, 3.05) is 31.6 Å². The van der Waals surface area contributed by atoms with E-state index in [1.807, 2.05) is 16.7 Å². The lowest BCUT2D eigenvalue weighted by Gasteiger charge is -2.61. The van der Waals surface area contributed by atoms with Crippen LogP contribution in [0.3, 0.4) is 0 Å². The number of amides is 1. The highest BCUT2D eigenvalue weighted by Gasteiger charge is 2.58. The number of ether oxygens (including phenoxy) is 2. The minimum atomic E-state index is -1.29. The first-order valence-electron chi connectivity index (χ1n) is 13.1. The van der Waals surface area contributed by atoms with E-state index in [1.165, 1.54) is 0 Å². The smallest absolute Gasteiger partial charge is 0.407 e. The van der Waals surface area contributed by atoms with Crippen LogP contribution in [0.1, 0.15) is 49.4 Å². The molecule has 5 fully saturated rings. The van der Waals surface area contributed by atoms with Crippen LogP contribution < -0.4 is 10.6 Å². The minimum Gasteiger partial charge on any atom is -0.443 e. The number of rotatable bonds is 7. The predicted octanol–water partition coefficient (Wildman–Crippen LogP) is 2.89. The summed E-state index contributed by atoms with van der Waals surface area (Å²) in [6.07, 6.45) is 5.28. The Morgan fingerprint density at radius 1 is 1.27 bits per heavy atom. The van der Waals surface area contributed by atoms with E-state index >= 15 is 4.39 Å². The first kappa shape index (κ1) is 22.9. The van der Waals surface area contributed by atoms with E-state index in [1.54, 1.807) is 12.3 Å². The summed E-state index contributed by atoms with van der Waals surface area (Å²) >= 11 is 0. The number of nitrogens with one attached hydrogen (secondary N) is 3. The van der Waals surface area contributed by atoms with Crippen LogP contribution in [0.15, 0.2) is 24.5 Å². The van der Waals surface area contributed by atoms with Crippen molar-refractivity contribution >= 4 is 23.5 Å². The molecule has 3 aromatic rings. The molecule has 11 nitrogen and oxygen atoms in total. The summed E-state index contributed by atoms with van der Waals surface area (Å²) in [6, 6.07) is 3.66. The average Bonchev–Trinajstić information content (AvgIpc) is 3.56. The topological polar surface area (TPSA) is 122 Å². The predicted molar refractivity (Wildman–Crippen MR) is 131 cm³/mol. The molecule has 0 spiro atoms. The van der Waals surface area contributed by atoms with E-state index in [2.05, 4.69) is 30.7 Å². The van der Waals surface area contributed by atoms with Gasteiger partial charge in [0.25, 0.3) is 0 Å². The van der Waals surface area contributed by atoms with Crippen LogP contribution in [-0.2, 0) is 16.0 Å². The molecule has 196 valence electrons. The molecule has 12 heteroatoms. The fourth-order valence-corrected chi connectivity index (χ4v) is 6.22. The normalized spacial score (nSPS) is 31.1. The zero-order valence-electron chi connectivity index (χ0n) is 20.5. The molecule has 4 saturated carbocycles. The molecule has 0 unspecified atom stereocenters. The quantitative estimate of drug-likeness (QED) is 0.444. The minimum absolute atomic E-state index is 0.0785. The number of aromatic nitrogens is 5. The Morgan fingerprint density at radius 3 is 2.89 bits per heavy atom. The largest absolute Gasteiger partial charge is 0.443 e. The van der Waals surface area contributed by atoms with Gasteiger partial charge in [0, 0.05) is 55.2 Å². The molecule has 3 N–H and O–H groups in total. The fraction of sp³-hybridized carbons (Fsp3) is 0.600. The number of alkyl carbamates (subject to hydrolysis) is 1. The molecule has 0 aromatic carbocycles. The molecule has 4 heterocycles. The van der Waals surface area contributed by atoms with E-state index in [4.69, 9.17) is 14.5 Å². The Kier molecular flexibility index (Phi) is 5.54. The number of anilines is 2. The second-order valence-electron chi connectivity index (χ2n) is 10.9. The number of hydrogen-bond donors (Lipinski definition) is 3. The van der Waals surface area contributed by atoms with E-state index in [-0.39, 0.29) is 5.54 Å². The summed E-state index contributed by atoms with van der Waals surface area (Å²) < 4.78 is 28.1. The van der Waals surface area contributed by atoms with Gasteiger partial charge >= 0.3 is 6.09 Å². The van der Waals surface area contributed by atoms with Gasteiger partial charge in [-0.25, -0.2) is 19.2 Å². The third-order valence-corrected chi connectivity index (χ3v) is 8.32. The van der Waals surface area contributed by atoms with Crippen LogP contribution >= 0.6 is 0 Å². The summed E-state index contributed by atoms with van der Waals surface area (Å²) in [4.78, 5) is 23.8. The molecule has 4 aliphatic carbocycles. The van der Waals surface area contributed by atoms with Crippen molar-refractivity contribution < 1.29 is 18.7 Å². The molecule has 0 radical (unpaired) electrons. The van der Waals surface area contributed by atoms with Crippen LogP contribution in [0.5, 0.6) is 0 Å². The number of H-pyrrole nitrogens is 1. The van der Waals surface area contributed by atoms with Gasteiger partial charge in [0.05, 0.1) is 18.9 Å². The van der Waals surface area contributed by atoms with Crippen molar-refractivity contribution in [3.05, 3.63) is 35.9 Å². The van der Waals surface area contributed by atoms with Crippen LogP contribution in [0.2, 0.25) is 0 Å². The lowest BCUT2D eigenvalue weighted by molar-refractivity contribution is -0.0532. The van der Waals surface area contributed by atoms with Gasteiger partial charge in [-0.15, -0.1) is 0 Å². The summed E-state index contributed by atoms with van der Waals surface area (Å²) in [5.74, 6) is 1.46. The number of nitrogens with zero attached hydrogens (tertiary/aromatic N) is 5. The average molecular weight is 511 g/mol. The number of carbonyl (C=O) groups is 1. The van der Waals surface area contributed by atoms with E-state index in [9.17, 15) is 4.79 Å². The molecule has 37 heavy (non-hydrogen) atoms. The zero-order valence-corrected chi connectivity index (χ0v) is 20.5. The Balaban J connectivity index is 0.996. The number of morpholine rings is 1. The molecule has 3 aromatic heterocycles. The first-order valence-corrected chi connectivity index (χ1v) is 13.1. The second-order valence-corrected chi connectivity index (χ2v) is 10.9. The van der Waals surface area contributed by atoms with E-state index in [0.29, 0.717) is 30.3 Å². The maximum absolute atomic E-state index is 15.3. The maximum Gasteiger partial charge on any atom is 0.407 e. The lowest BCUT2D eigenvalue weighted by atomic mass is 9.50. The van der Waals surface area contributed by atoms with Gasteiger partial charge in [-0.05, 0) is 44.1 Å². The number of halogens is 1. The fourth-order valence-electron chi connectivity index (χ4n) is 6.22. The molecule has 8 rings (SSSR count). The van der Waals surface area contributed by atoms with Crippen molar-refractivity contribution in [2.24, 2.45) is 5.92 Å². The third kappa shape index (κ3) is 4.31. The van der Waals surface area contributed by atoms with Crippen LogP contribution in [0.4, 0.5) is 21.0 Å². The van der Waals surface area contributed by atoms with E-state index < -0.39 is 24.3 Å². The summed E-state index contributed by atoms with van der Waals surface area (Å²) in [6.45, 7) is 4.01. The van der Waals surface area contributed by atoms with Crippen molar-refractivity contribution in [2.45, 2.75) is 62.4 Å². The monoisotopic (exact) mass is 510 g/mol. The van der Waals surface area contributed by atoms with E-state index in [0.717, 1.165) is 69.4 Å². The Hall–Kier alpha value is -3.25. The van der Waals surface area contributed by atoms with Gasteiger partial charge in [0.15, 0.2) is 5.82 Å². The highest BCUT2D eigenvalue weighted by atomic mass is 19.1. The summed E-state index contributed by atoms with van der Waals surface area (Å²) in [7, 11) is 0. The van der Waals surface area contributed by atoms with Crippen molar-refractivity contribution in [1.29, 1.82) is 0 Å². The standard InChI is InChI=1S/C25H31FN8O3/c26-22-17(1-2-19(22)37-24(35)30-25-10-15(11-25)12-25)18-9-20(32-31-18)29-23-27-4-3-21-28-16(14-34(21)23)13-33-5-7-36-8-6-33/h3-4,9,14-15,17,19,22H,1-2,5-8,10-13H2,(H,30,35)(H2,27,29,31,32)/t15?,17-,19-,22+,25?/m1/s1. The number of fused-ring (bicyclic) bond motifs is 1. The zero-order chi connectivity index (χ0) is 25.0. The highest BCUT2D eigenvalue weighted by Crippen LogP contribution is 2.57. The van der Waals surface area contributed by atoms with Crippen molar-refractivity contribution in [3.63, 3.8) is 0 Å². The maximum atomic E-state index is 15.3. The molecule has 5 aliphatic rings. The highest BCUT2D eigenvalue weighted by molar-refractivity contribution is 5.69. The SMILES string of the molecule is O=C(NC12CC(C1)C2)O[C@@H]1CC[C@H](c2cc(Nc3nccc4nc(CN5CCOCC5)cn34)n[nH]2)[C@@H]1F. The Bertz CT molecular complexity index is 1290. The van der Waals surface area contributed by atoms with Gasteiger partial charge in [0.2, 0.25) is 5.95 Å². The van der Waals surface area contributed by atoms with Crippen LogP contribution in [-0.4, -0.2) is 79.7 Å². The molecule has 1 aliphatic heterocycles. The summed E-state index contributed by atoms with van der Waals surface area (Å²) in [5, 5.41) is 13.5. The van der Waals surface area contributed by atoms with Crippen molar-refractivity contribution in [1.82, 2.24) is 34.8 Å². The number of aromatic amines is 1. The van der Waals surface area contributed by atoms with Crippen LogP contribution in [0.25, 0.3) is 5.65 Å². The molecule has 1 amide bonds. The number of hydrogen-bond acceptors (Lipinski definition) is 8. The number of carbonyl (C=O) groups excluding carboxylic acids is 1. The second kappa shape index (κ2) is 8.95. The Morgan fingerprint density at radius 2 is 2.11 bits per heavy atom. The molecular formula is C25H31FN8O3. The molecular weight excluding hydrogens is 479 g/mol. The molecule has 3 atom stereocenters. The van der Waals surface area contributed by atoms with Crippen molar-refractivity contribution in [3.8, 4) is 0 Å². The van der Waals surface area contributed by atoms with Gasteiger partial charge in [-0.2, -0.15) is 5.10 Å². The van der Waals surface area contributed by atoms with Gasteiger partial charge in [-0.1, -0.05) is 0 Å².